The summed E-state index contributed by atoms with van der Waals surface area (Å²) in [5.74, 6) is 0.921. The fourth-order valence-corrected chi connectivity index (χ4v) is 2.72. The maximum Gasteiger partial charge on any atom is 0.137 e. The normalized spacial score (nSPS) is 29.4. The first-order valence-corrected chi connectivity index (χ1v) is 6.02. The Kier molecular flexibility index (Phi) is 3.13. The van der Waals surface area contributed by atoms with Crippen molar-refractivity contribution >= 4 is 11.6 Å². The maximum atomic E-state index is 10.6. The average Bonchev–Trinajstić information content (AvgIpc) is 2.61. The lowest BCUT2D eigenvalue weighted by Crippen LogP contribution is -2.28. The lowest BCUT2D eigenvalue weighted by molar-refractivity contribution is 0.00432. The van der Waals surface area contributed by atoms with Crippen molar-refractivity contribution in [2.45, 2.75) is 31.8 Å². The first kappa shape index (κ1) is 11.7. The van der Waals surface area contributed by atoms with Gasteiger partial charge in [0.1, 0.15) is 5.75 Å². The molecule has 2 nitrogen and oxygen atoms in total. The van der Waals surface area contributed by atoms with Gasteiger partial charge in [-0.05, 0) is 42.9 Å². The van der Waals surface area contributed by atoms with Crippen LogP contribution < -0.4 is 4.74 Å². The minimum atomic E-state index is -0.710. The molecule has 0 radical (unpaired) electrons. The van der Waals surface area contributed by atoms with Crippen LogP contribution in [-0.2, 0) is 5.60 Å². The first-order valence-electron chi connectivity index (χ1n) is 5.64. The molecule has 16 heavy (non-hydrogen) atoms. The average molecular weight is 241 g/mol. The Morgan fingerprint density at radius 1 is 1.50 bits per heavy atom. The van der Waals surface area contributed by atoms with Gasteiger partial charge in [0.25, 0.3) is 0 Å². The minimum Gasteiger partial charge on any atom is -0.495 e. The van der Waals surface area contributed by atoms with Crippen LogP contribution in [0, 0.1) is 5.92 Å². The molecule has 88 valence electrons. The molecule has 1 saturated carbocycles. The van der Waals surface area contributed by atoms with Crippen molar-refractivity contribution in [1.82, 2.24) is 0 Å². The molecule has 1 aliphatic carbocycles. The van der Waals surface area contributed by atoms with E-state index in [9.17, 15) is 5.11 Å². The topological polar surface area (TPSA) is 29.5 Å². The molecule has 0 bridgehead atoms. The van der Waals surface area contributed by atoms with Gasteiger partial charge in [0.2, 0.25) is 0 Å². The Morgan fingerprint density at radius 3 is 2.81 bits per heavy atom. The molecular formula is C13H17ClO2. The van der Waals surface area contributed by atoms with Gasteiger partial charge in [-0.3, -0.25) is 0 Å². The molecule has 1 fully saturated rings. The molecule has 0 spiro atoms. The third-order valence-electron chi connectivity index (χ3n) is 3.66. The molecule has 1 aliphatic rings. The van der Waals surface area contributed by atoms with E-state index in [1.165, 1.54) is 0 Å². The lowest BCUT2D eigenvalue weighted by Gasteiger charge is -2.28. The van der Waals surface area contributed by atoms with Gasteiger partial charge < -0.3 is 9.84 Å². The van der Waals surface area contributed by atoms with Crippen molar-refractivity contribution in [2.75, 3.05) is 7.11 Å². The zero-order chi connectivity index (χ0) is 11.8. The number of hydrogen-bond acceptors (Lipinski definition) is 2. The summed E-state index contributed by atoms with van der Waals surface area (Å²) >= 11 is 5.98. The smallest absolute Gasteiger partial charge is 0.137 e. The molecule has 2 rings (SSSR count). The van der Waals surface area contributed by atoms with E-state index in [-0.39, 0.29) is 0 Å². The predicted molar refractivity (Wildman–Crippen MR) is 64.9 cm³/mol. The number of ether oxygens (including phenoxy) is 1. The Bertz CT molecular complexity index is 392. The van der Waals surface area contributed by atoms with Crippen LogP contribution in [0.5, 0.6) is 5.75 Å². The second-order valence-corrected chi connectivity index (χ2v) is 4.97. The SMILES string of the molecule is COc1cc(C2(O)CCCC2C)ccc1Cl. The van der Waals surface area contributed by atoms with Crippen molar-refractivity contribution in [2.24, 2.45) is 5.92 Å². The molecule has 3 heteroatoms. The number of hydrogen-bond donors (Lipinski definition) is 1. The summed E-state index contributed by atoms with van der Waals surface area (Å²) in [6.07, 6.45) is 2.96. The van der Waals surface area contributed by atoms with Gasteiger partial charge in [-0.25, -0.2) is 0 Å². The third-order valence-corrected chi connectivity index (χ3v) is 3.97. The van der Waals surface area contributed by atoms with Crippen LogP contribution in [0.1, 0.15) is 31.7 Å². The molecule has 0 saturated heterocycles. The van der Waals surface area contributed by atoms with Crippen molar-refractivity contribution in [3.05, 3.63) is 28.8 Å². The van der Waals surface area contributed by atoms with Gasteiger partial charge in [0.05, 0.1) is 17.7 Å². The van der Waals surface area contributed by atoms with E-state index in [1.807, 2.05) is 12.1 Å². The summed E-state index contributed by atoms with van der Waals surface area (Å²) in [4.78, 5) is 0. The van der Waals surface area contributed by atoms with Crippen LogP contribution in [-0.4, -0.2) is 12.2 Å². The van der Waals surface area contributed by atoms with Crippen LogP contribution in [0.25, 0.3) is 0 Å². The Balaban J connectivity index is 2.40. The highest BCUT2D eigenvalue weighted by Crippen LogP contribution is 2.44. The van der Waals surface area contributed by atoms with Crippen LogP contribution in [0.2, 0.25) is 5.02 Å². The number of rotatable bonds is 2. The number of aliphatic hydroxyl groups is 1. The fourth-order valence-electron chi connectivity index (χ4n) is 2.52. The summed E-state index contributed by atoms with van der Waals surface area (Å²) in [5, 5.41) is 11.2. The van der Waals surface area contributed by atoms with Crippen molar-refractivity contribution in [3.8, 4) is 5.75 Å². The lowest BCUT2D eigenvalue weighted by atomic mass is 9.85. The quantitative estimate of drug-likeness (QED) is 0.859. The molecule has 2 atom stereocenters. The standard InChI is InChI=1S/C13H17ClO2/c1-9-4-3-7-13(9,15)10-5-6-11(14)12(8-10)16-2/h5-6,8-9,15H,3-4,7H2,1-2H3. The van der Waals surface area contributed by atoms with E-state index >= 15 is 0 Å². The molecule has 1 aromatic rings. The number of halogens is 1. The highest BCUT2D eigenvalue weighted by molar-refractivity contribution is 6.32. The van der Waals surface area contributed by atoms with Gasteiger partial charge in [-0.2, -0.15) is 0 Å². The van der Waals surface area contributed by atoms with Crippen LogP contribution in [0.4, 0.5) is 0 Å². The molecule has 1 N–H and O–H groups in total. The van der Waals surface area contributed by atoms with Crippen molar-refractivity contribution in [3.63, 3.8) is 0 Å². The van der Waals surface area contributed by atoms with Crippen molar-refractivity contribution in [1.29, 1.82) is 0 Å². The maximum absolute atomic E-state index is 10.6. The summed E-state index contributed by atoms with van der Waals surface area (Å²) in [7, 11) is 1.59. The largest absolute Gasteiger partial charge is 0.495 e. The Morgan fingerprint density at radius 2 is 2.25 bits per heavy atom. The molecule has 0 heterocycles. The molecule has 2 unspecified atom stereocenters. The van der Waals surface area contributed by atoms with Crippen LogP contribution in [0.15, 0.2) is 18.2 Å². The summed E-state index contributed by atoms with van der Waals surface area (Å²) in [6.45, 7) is 2.09. The molecule has 1 aromatic carbocycles. The number of methoxy groups -OCH3 is 1. The Labute approximate surface area is 101 Å². The van der Waals surface area contributed by atoms with E-state index in [2.05, 4.69) is 6.92 Å². The van der Waals surface area contributed by atoms with E-state index in [0.717, 1.165) is 24.8 Å². The van der Waals surface area contributed by atoms with Crippen LogP contribution in [0.3, 0.4) is 0 Å². The predicted octanol–water partition coefficient (Wildman–Crippen LogP) is 3.36. The van der Waals surface area contributed by atoms with Crippen molar-refractivity contribution < 1.29 is 9.84 Å². The summed E-state index contributed by atoms with van der Waals surface area (Å²) in [6, 6.07) is 5.54. The second-order valence-electron chi connectivity index (χ2n) is 4.57. The molecule has 0 aliphatic heterocycles. The van der Waals surface area contributed by atoms with E-state index in [1.54, 1.807) is 13.2 Å². The third kappa shape index (κ3) is 1.80. The highest BCUT2D eigenvalue weighted by atomic mass is 35.5. The van der Waals surface area contributed by atoms with Gasteiger partial charge in [-0.1, -0.05) is 24.6 Å². The zero-order valence-electron chi connectivity index (χ0n) is 9.66. The monoisotopic (exact) mass is 240 g/mol. The second kappa shape index (κ2) is 4.27. The zero-order valence-corrected chi connectivity index (χ0v) is 10.4. The minimum absolute atomic E-state index is 0.290. The molecule has 0 amide bonds. The first-order chi connectivity index (χ1) is 7.58. The van der Waals surface area contributed by atoms with Gasteiger partial charge in [0, 0.05) is 0 Å². The number of benzene rings is 1. The summed E-state index contributed by atoms with van der Waals surface area (Å²) in [5.41, 5.74) is 0.205. The fraction of sp³-hybridized carbons (Fsp3) is 0.538. The van der Waals surface area contributed by atoms with Gasteiger partial charge in [-0.15, -0.1) is 0 Å². The van der Waals surface area contributed by atoms with Gasteiger partial charge >= 0.3 is 0 Å². The Hall–Kier alpha value is -0.730. The van der Waals surface area contributed by atoms with Gasteiger partial charge in [0.15, 0.2) is 0 Å². The van der Waals surface area contributed by atoms with Crippen LogP contribution >= 0.6 is 11.6 Å². The van der Waals surface area contributed by atoms with E-state index in [4.69, 9.17) is 16.3 Å². The molecular weight excluding hydrogens is 224 g/mol. The van der Waals surface area contributed by atoms with E-state index < -0.39 is 5.60 Å². The van der Waals surface area contributed by atoms with E-state index in [0.29, 0.717) is 16.7 Å². The summed E-state index contributed by atoms with van der Waals surface area (Å²) < 4.78 is 5.18. The molecule has 0 aromatic heterocycles. The highest BCUT2D eigenvalue weighted by Gasteiger charge is 2.39.